The molecule has 0 bridgehead atoms. The maximum absolute atomic E-state index is 6.21. The first kappa shape index (κ1) is 12.9. The molecule has 94 valence electrons. The first-order chi connectivity index (χ1) is 8.22. The van der Waals surface area contributed by atoms with E-state index in [0.29, 0.717) is 6.04 Å². The summed E-state index contributed by atoms with van der Waals surface area (Å²) in [4.78, 5) is 0. The molecule has 0 heterocycles. The molecule has 0 saturated heterocycles. The van der Waals surface area contributed by atoms with Crippen molar-refractivity contribution in [2.75, 3.05) is 14.2 Å². The number of methoxy groups -OCH3 is 1. The van der Waals surface area contributed by atoms with Crippen LogP contribution in [-0.4, -0.2) is 25.8 Å². The average molecular weight is 254 g/mol. The van der Waals surface area contributed by atoms with E-state index in [-0.39, 0.29) is 5.60 Å². The Morgan fingerprint density at radius 2 is 2.12 bits per heavy atom. The van der Waals surface area contributed by atoms with Gasteiger partial charge in [-0.3, -0.25) is 0 Å². The third kappa shape index (κ3) is 2.49. The Morgan fingerprint density at radius 1 is 1.41 bits per heavy atom. The number of hydrogen-bond donors (Lipinski definition) is 1. The maximum atomic E-state index is 6.21. The summed E-state index contributed by atoms with van der Waals surface area (Å²) in [5, 5.41) is 4.23. The Kier molecular flexibility index (Phi) is 4.08. The summed E-state index contributed by atoms with van der Waals surface area (Å²) in [6.45, 7) is 0. The van der Waals surface area contributed by atoms with Crippen LogP contribution in [0.1, 0.15) is 24.8 Å². The second-order valence-electron chi connectivity index (χ2n) is 4.76. The van der Waals surface area contributed by atoms with Crippen LogP contribution in [0.2, 0.25) is 5.02 Å². The van der Waals surface area contributed by atoms with Crippen LogP contribution in [0.25, 0.3) is 0 Å². The fraction of sp³-hybridized carbons (Fsp3) is 0.571. The standard InChI is InChI=1S/C14H20ClNO/c1-16-13(14(17-2)8-5-9-14)10-11-6-3-4-7-12(11)15/h3-4,6-7,13,16H,5,8-10H2,1-2H3. The zero-order valence-electron chi connectivity index (χ0n) is 10.5. The normalized spacial score (nSPS) is 19.7. The van der Waals surface area contributed by atoms with Gasteiger partial charge < -0.3 is 10.1 Å². The smallest absolute Gasteiger partial charge is 0.0834 e. The third-order valence-electron chi connectivity index (χ3n) is 3.97. The highest BCUT2D eigenvalue weighted by molar-refractivity contribution is 6.31. The number of likely N-dealkylation sites (N-methyl/N-ethyl adjacent to an activating group) is 1. The Morgan fingerprint density at radius 3 is 2.59 bits per heavy atom. The van der Waals surface area contributed by atoms with Gasteiger partial charge in [-0.05, 0) is 44.4 Å². The molecule has 1 N–H and O–H groups in total. The van der Waals surface area contributed by atoms with Crippen LogP contribution in [0.3, 0.4) is 0 Å². The molecule has 2 rings (SSSR count). The highest BCUT2D eigenvalue weighted by Gasteiger charge is 2.43. The zero-order valence-corrected chi connectivity index (χ0v) is 11.3. The SMILES string of the molecule is CNC(Cc1ccccc1Cl)C1(OC)CCC1. The number of rotatable bonds is 5. The molecular weight excluding hydrogens is 234 g/mol. The zero-order chi connectivity index (χ0) is 12.3. The van der Waals surface area contributed by atoms with Crippen molar-refractivity contribution >= 4 is 11.6 Å². The summed E-state index contributed by atoms with van der Waals surface area (Å²) in [5.41, 5.74) is 1.20. The van der Waals surface area contributed by atoms with Gasteiger partial charge in [-0.1, -0.05) is 29.8 Å². The van der Waals surface area contributed by atoms with Crippen LogP contribution in [0, 0.1) is 0 Å². The first-order valence-electron chi connectivity index (χ1n) is 6.17. The van der Waals surface area contributed by atoms with Gasteiger partial charge in [-0.2, -0.15) is 0 Å². The molecule has 1 atom stereocenters. The van der Waals surface area contributed by atoms with Gasteiger partial charge in [0.1, 0.15) is 0 Å². The molecule has 1 unspecified atom stereocenters. The predicted molar refractivity (Wildman–Crippen MR) is 71.6 cm³/mol. The van der Waals surface area contributed by atoms with Crippen molar-refractivity contribution in [1.82, 2.24) is 5.32 Å². The van der Waals surface area contributed by atoms with E-state index in [0.717, 1.165) is 24.3 Å². The quantitative estimate of drug-likeness (QED) is 0.871. The van der Waals surface area contributed by atoms with Crippen LogP contribution in [0.4, 0.5) is 0 Å². The van der Waals surface area contributed by atoms with Crippen molar-refractivity contribution < 1.29 is 4.74 Å². The Labute approximate surface area is 108 Å². The van der Waals surface area contributed by atoms with E-state index in [9.17, 15) is 0 Å². The van der Waals surface area contributed by atoms with E-state index < -0.39 is 0 Å². The number of hydrogen-bond acceptors (Lipinski definition) is 2. The molecule has 3 heteroatoms. The van der Waals surface area contributed by atoms with Crippen LogP contribution < -0.4 is 5.32 Å². The number of ether oxygens (including phenoxy) is 1. The van der Waals surface area contributed by atoms with Crippen molar-refractivity contribution in [3.8, 4) is 0 Å². The van der Waals surface area contributed by atoms with Gasteiger partial charge in [-0.25, -0.2) is 0 Å². The summed E-state index contributed by atoms with van der Waals surface area (Å²) < 4.78 is 5.73. The second kappa shape index (κ2) is 5.38. The Balaban J connectivity index is 2.13. The fourth-order valence-electron chi connectivity index (χ4n) is 2.66. The minimum atomic E-state index is 0.00786. The molecule has 0 radical (unpaired) electrons. The average Bonchev–Trinajstić information content (AvgIpc) is 2.29. The van der Waals surface area contributed by atoms with Crippen LogP contribution in [0.15, 0.2) is 24.3 Å². The van der Waals surface area contributed by atoms with Crippen molar-refractivity contribution in [2.24, 2.45) is 0 Å². The summed E-state index contributed by atoms with van der Waals surface area (Å²) in [6.07, 6.45) is 4.46. The van der Waals surface area contributed by atoms with Crippen molar-refractivity contribution in [3.05, 3.63) is 34.9 Å². The predicted octanol–water partition coefficient (Wildman–Crippen LogP) is 3.04. The summed E-state index contributed by atoms with van der Waals surface area (Å²) in [5.74, 6) is 0. The topological polar surface area (TPSA) is 21.3 Å². The molecule has 0 aliphatic heterocycles. The van der Waals surface area contributed by atoms with E-state index >= 15 is 0 Å². The number of benzene rings is 1. The molecule has 17 heavy (non-hydrogen) atoms. The summed E-state index contributed by atoms with van der Waals surface area (Å²) in [6, 6.07) is 8.38. The van der Waals surface area contributed by atoms with Gasteiger partial charge in [0.2, 0.25) is 0 Å². The number of halogens is 1. The minimum Gasteiger partial charge on any atom is -0.377 e. The summed E-state index contributed by atoms with van der Waals surface area (Å²) >= 11 is 6.21. The van der Waals surface area contributed by atoms with E-state index in [1.807, 2.05) is 32.4 Å². The molecule has 1 aromatic carbocycles. The van der Waals surface area contributed by atoms with Gasteiger partial charge in [0.15, 0.2) is 0 Å². The maximum Gasteiger partial charge on any atom is 0.0834 e. The minimum absolute atomic E-state index is 0.00786. The van der Waals surface area contributed by atoms with Gasteiger partial charge in [0.25, 0.3) is 0 Å². The van der Waals surface area contributed by atoms with E-state index in [4.69, 9.17) is 16.3 Å². The van der Waals surface area contributed by atoms with E-state index in [1.165, 1.54) is 12.0 Å². The largest absolute Gasteiger partial charge is 0.377 e. The van der Waals surface area contributed by atoms with Gasteiger partial charge >= 0.3 is 0 Å². The number of nitrogens with one attached hydrogen (secondary N) is 1. The molecule has 0 aromatic heterocycles. The molecule has 1 aromatic rings. The molecule has 0 amide bonds. The highest BCUT2D eigenvalue weighted by atomic mass is 35.5. The van der Waals surface area contributed by atoms with Gasteiger partial charge in [0, 0.05) is 18.2 Å². The van der Waals surface area contributed by atoms with Crippen LogP contribution in [-0.2, 0) is 11.2 Å². The second-order valence-corrected chi connectivity index (χ2v) is 5.17. The fourth-order valence-corrected chi connectivity index (χ4v) is 2.87. The summed E-state index contributed by atoms with van der Waals surface area (Å²) in [7, 11) is 3.82. The lowest BCUT2D eigenvalue weighted by Gasteiger charge is -2.46. The molecule has 1 aliphatic rings. The molecular formula is C14H20ClNO. The Hall–Kier alpha value is -0.570. The Bertz CT molecular complexity index is 371. The lowest BCUT2D eigenvalue weighted by Crippen LogP contribution is -2.56. The van der Waals surface area contributed by atoms with Crippen molar-refractivity contribution in [1.29, 1.82) is 0 Å². The first-order valence-corrected chi connectivity index (χ1v) is 6.55. The highest BCUT2D eigenvalue weighted by Crippen LogP contribution is 2.39. The van der Waals surface area contributed by atoms with Crippen molar-refractivity contribution in [3.63, 3.8) is 0 Å². The van der Waals surface area contributed by atoms with Crippen molar-refractivity contribution in [2.45, 2.75) is 37.3 Å². The third-order valence-corrected chi connectivity index (χ3v) is 4.34. The van der Waals surface area contributed by atoms with Gasteiger partial charge in [0.05, 0.1) is 5.60 Å². The van der Waals surface area contributed by atoms with E-state index in [1.54, 1.807) is 0 Å². The lowest BCUT2D eigenvalue weighted by atomic mass is 9.72. The molecule has 0 spiro atoms. The molecule has 1 saturated carbocycles. The molecule has 1 aliphatic carbocycles. The van der Waals surface area contributed by atoms with Gasteiger partial charge in [-0.15, -0.1) is 0 Å². The van der Waals surface area contributed by atoms with E-state index in [2.05, 4.69) is 11.4 Å². The molecule has 1 fully saturated rings. The monoisotopic (exact) mass is 253 g/mol. The molecule has 2 nitrogen and oxygen atoms in total. The lowest BCUT2D eigenvalue weighted by molar-refractivity contribution is -0.0966. The van der Waals surface area contributed by atoms with Crippen LogP contribution in [0.5, 0.6) is 0 Å². The van der Waals surface area contributed by atoms with Crippen LogP contribution >= 0.6 is 11.6 Å².